The zero-order valence-corrected chi connectivity index (χ0v) is 15.6. The van der Waals surface area contributed by atoms with Crippen LogP contribution in [0.25, 0.3) is 10.8 Å². The number of likely N-dealkylation sites (N-methyl/N-ethyl adjacent to an activating group) is 1. The lowest BCUT2D eigenvalue weighted by Crippen LogP contribution is -2.47. The van der Waals surface area contributed by atoms with E-state index in [2.05, 4.69) is 5.32 Å². The molecule has 140 valence electrons. The summed E-state index contributed by atoms with van der Waals surface area (Å²) in [6, 6.07) is 13.5. The van der Waals surface area contributed by atoms with Crippen LogP contribution in [0.5, 0.6) is 0 Å². The first-order valence-corrected chi connectivity index (χ1v) is 9.25. The molecule has 6 heteroatoms. The molecule has 4 rings (SSSR count). The fourth-order valence-electron chi connectivity index (χ4n) is 3.83. The Morgan fingerprint density at radius 3 is 2.63 bits per heavy atom. The minimum absolute atomic E-state index is 0.183. The number of amides is 4. The van der Waals surface area contributed by atoms with E-state index in [0.717, 1.165) is 34.1 Å². The van der Waals surface area contributed by atoms with E-state index in [9.17, 15) is 14.4 Å². The highest BCUT2D eigenvalue weighted by Gasteiger charge is 2.56. The van der Waals surface area contributed by atoms with Crippen LogP contribution in [0.15, 0.2) is 42.5 Å². The topological polar surface area (TPSA) is 69.7 Å². The van der Waals surface area contributed by atoms with Gasteiger partial charge in [-0.3, -0.25) is 14.5 Å². The standard InChI is InChI=1S/C21H23N3O3/c1-21(16-10-11-16)19(26)24(20(27)22-21)13-18(25)23(2)12-15-8-5-7-14-6-3-4-9-17(14)15/h3-9,16H,10-13H2,1-2H3,(H,22,27). The molecule has 2 aromatic rings. The lowest BCUT2D eigenvalue weighted by atomic mass is 9.96. The second kappa shape index (κ2) is 6.37. The first kappa shape index (κ1) is 17.5. The number of imide groups is 1. The average Bonchev–Trinajstić information content (AvgIpc) is 3.48. The zero-order valence-electron chi connectivity index (χ0n) is 15.6. The first-order valence-electron chi connectivity index (χ1n) is 9.25. The number of benzene rings is 2. The molecular weight excluding hydrogens is 342 g/mol. The van der Waals surface area contributed by atoms with Crippen LogP contribution in [0.1, 0.15) is 25.3 Å². The highest BCUT2D eigenvalue weighted by molar-refractivity contribution is 6.09. The van der Waals surface area contributed by atoms with Crippen molar-refractivity contribution in [2.24, 2.45) is 5.92 Å². The number of hydrogen-bond donors (Lipinski definition) is 1. The van der Waals surface area contributed by atoms with Gasteiger partial charge in [0.2, 0.25) is 5.91 Å². The summed E-state index contributed by atoms with van der Waals surface area (Å²) in [6.07, 6.45) is 1.87. The third-order valence-corrected chi connectivity index (χ3v) is 5.70. The van der Waals surface area contributed by atoms with E-state index in [1.54, 1.807) is 18.9 Å². The number of hydrogen-bond acceptors (Lipinski definition) is 3. The third-order valence-electron chi connectivity index (χ3n) is 5.70. The summed E-state index contributed by atoms with van der Waals surface area (Å²) in [5.41, 5.74) is 0.176. The fraction of sp³-hybridized carbons (Fsp3) is 0.381. The Morgan fingerprint density at radius 2 is 1.89 bits per heavy atom. The summed E-state index contributed by atoms with van der Waals surface area (Å²) >= 11 is 0. The van der Waals surface area contributed by atoms with E-state index < -0.39 is 11.6 Å². The van der Waals surface area contributed by atoms with E-state index in [0.29, 0.717) is 6.54 Å². The summed E-state index contributed by atoms with van der Waals surface area (Å²) in [5, 5.41) is 4.99. The van der Waals surface area contributed by atoms with E-state index in [1.165, 1.54) is 0 Å². The molecule has 27 heavy (non-hydrogen) atoms. The summed E-state index contributed by atoms with van der Waals surface area (Å²) < 4.78 is 0. The van der Waals surface area contributed by atoms with Crippen molar-refractivity contribution in [2.75, 3.05) is 13.6 Å². The number of urea groups is 1. The highest BCUT2D eigenvalue weighted by Crippen LogP contribution is 2.42. The van der Waals surface area contributed by atoms with Gasteiger partial charge in [-0.05, 0) is 42.0 Å². The molecule has 1 aliphatic heterocycles. The van der Waals surface area contributed by atoms with Crippen molar-refractivity contribution in [1.82, 2.24) is 15.1 Å². The molecule has 0 spiro atoms. The van der Waals surface area contributed by atoms with Gasteiger partial charge in [0.1, 0.15) is 12.1 Å². The van der Waals surface area contributed by atoms with Gasteiger partial charge in [-0.15, -0.1) is 0 Å². The van der Waals surface area contributed by atoms with Crippen LogP contribution >= 0.6 is 0 Å². The van der Waals surface area contributed by atoms with Crippen LogP contribution in [0.2, 0.25) is 0 Å². The second-order valence-electron chi connectivity index (χ2n) is 7.69. The van der Waals surface area contributed by atoms with Gasteiger partial charge in [0.25, 0.3) is 5.91 Å². The molecule has 1 saturated heterocycles. The molecule has 1 atom stereocenters. The molecule has 2 aliphatic rings. The van der Waals surface area contributed by atoms with Crippen LogP contribution in [-0.4, -0.2) is 46.8 Å². The minimum Gasteiger partial charge on any atom is -0.340 e. The molecule has 4 amide bonds. The molecule has 1 unspecified atom stereocenters. The predicted octanol–water partition coefficient (Wildman–Crippen LogP) is 2.52. The number of nitrogens with zero attached hydrogens (tertiary/aromatic N) is 2. The molecule has 1 saturated carbocycles. The summed E-state index contributed by atoms with van der Waals surface area (Å²) in [6.45, 7) is 1.95. The Labute approximate surface area is 158 Å². The van der Waals surface area contributed by atoms with Gasteiger partial charge in [0, 0.05) is 13.6 Å². The second-order valence-corrected chi connectivity index (χ2v) is 7.69. The van der Waals surface area contributed by atoms with Crippen LogP contribution in [0.4, 0.5) is 4.79 Å². The van der Waals surface area contributed by atoms with Crippen molar-refractivity contribution in [3.05, 3.63) is 48.0 Å². The van der Waals surface area contributed by atoms with Gasteiger partial charge in [0.15, 0.2) is 0 Å². The number of nitrogens with one attached hydrogen (secondary N) is 1. The van der Waals surface area contributed by atoms with E-state index in [1.807, 2.05) is 42.5 Å². The molecular formula is C21H23N3O3. The summed E-state index contributed by atoms with van der Waals surface area (Å²) in [4.78, 5) is 40.2. The average molecular weight is 365 g/mol. The number of rotatable bonds is 5. The third kappa shape index (κ3) is 3.05. The molecule has 0 radical (unpaired) electrons. The van der Waals surface area contributed by atoms with E-state index in [-0.39, 0.29) is 24.3 Å². The maximum Gasteiger partial charge on any atom is 0.325 e. The maximum absolute atomic E-state index is 12.7. The number of carbonyl (C=O) groups excluding carboxylic acids is 3. The smallest absolute Gasteiger partial charge is 0.325 e. The predicted molar refractivity (Wildman–Crippen MR) is 102 cm³/mol. The van der Waals surface area contributed by atoms with Crippen LogP contribution < -0.4 is 5.32 Å². The molecule has 1 aliphatic carbocycles. The Balaban J connectivity index is 1.47. The monoisotopic (exact) mass is 365 g/mol. The molecule has 2 aromatic carbocycles. The van der Waals surface area contributed by atoms with Gasteiger partial charge in [-0.25, -0.2) is 4.79 Å². The molecule has 0 bridgehead atoms. The van der Waals surface area contributed by atoms with Crippen molar-refractivity contribution in [3.63, 3.8) is 0 Å². The van der Waals surface area contributed by atoms with Crippen molar-refractivity contribution in [3.8, 4) is 0 Å². The number of carbonyl (C=O) groups is 3. The van der Waals surface area contributed by atoms with Gasteiger partial charge in [-0.1, -0.05) is 42.5 Å². The lowest BCUT2D eigenvalue weighted by molar-refractivity contribution is -0.138. The zero-order chi connectivity index (χ0) is 19.2. The molecule has 1 heterocycles. The van der Waals surface area contributed by atoms with Gasteiger partial charge in [-0.2, -0.15) is 0 Å². The minimum atomic E-state index is -0.856. The highest BCUT2D eigenvalue weighted by atomic mass is 16.2. The molecule has 2 fully saturated rings. The van der Waals surface area contributed by atoms with E-state index in [4.69, 9.17) is 0 Å². The molecule has 0 aromatic heterocycles. The SMILES string of the molecule is CN(Cc1cccc2ccccc12)C(=O)CN1C(=O)NC(C)(C2CC2)C1=O. The largest absolute Gasteiger partial charge is 0.340 e. The Kier molecular flexibility index (Phi) is 4.13. The summed E-state index contributed by atoms with van der Waals surface area (Å²) in [7, 11) is 1.70. The lowest BCUT2D eigenvalue weighted by Gasteiger charge is -2.23. The van der Waals surface area contributed by atoms with E-state index >= 15 is 0 Å². The maximum atomic E-state index is 12.7. The van der Waals surface area contributed by atoms with Crippen LogP contribution in [0, 0.1) is 5.92 Å². The van der Waals surface area contributed by atoms with Crippen LogP contribution in [0.3, 0.4) is 0 Å². The Bertz CT molecular complexity index is 932. The molecule has 6 nitrogen and oxygen atoms in total. The Morgan fingerprint density at radius 1 is 1.19 bits per heavy atom. The van der Waals surface area contributed by atoms with Crippen molar-refractivity contribution < 1.29 is 14.4 Å². The van der Waals surface area contributed by atoms with Crippen LogP contribution in [-0.2, 0) is 16.1 Å². The van der Waals surface area contributed by atoms with Gasteiger partial charge >= 0.3 is 6.03 Å². The van der Waals surface area contributed by atoms with Crippen molar-refractivity contribution in [2.45, 2.75) is 31.8 Å². The van der Waals surface area contributed by atoms with Crippen molar-refractivity contribution >= 4 is 28.6 Å². The first-order chi connectivity index (χ1) is 12.9. The fourth-order valence-corrected chi connectivity index (χ4v) is 3.83. The quantitative estimate of drug-likeness (QED) is 0.828. The summed E-state index contributed by atoms with van der Waals surface area (Å²) in [5.74, 6) is -0.365. The normalized spacial score (nSPS) is 22.2. The van der Waals surface area contributed by atoms with Crippen molar-refractivity contribution in [1.29, 1.82) is 0 Å². The van der Waals surface area contributed by atoms with Gasteiger partial charge < -0.3 is 10.2 Å². The van der Waals surface area contributed by atoms with Gasteiger partial charge in [0.05, 0.1) is 0 Å². The molecule has 1 N–H and O–H groups in total. The number of fused-ring (bicyclic) bond motifs is 1. The Hall–Kier alpha value is -2.89.